The van der Waals surface area contributed by atoms with E-state index in [-0.39, 0.29) is 17.3 Å². The van der Waals surface area contributed by atoms with Crippen LogP contribution in [-0.4, -0.2) is 17.3 Å². The Hall–Kier alpha value is -2.94. The summed E-state index contributed by atoms with van der Waals surface area (Å²) in [4.78, 5) is 4.37. The number of aliphatic imine (C=N–C) groups is 1. The Bertz CT molecular complexity index is 765. The highest BCUT2D eigenvalue weighted by Crippen LogP contribution is 2.45. The van der Waals surface area contributed by atoms with Crippen LogP contribution in [0.4, 0.5) is 0 Å². The Morgan fingerprint density at radius 1 is 1.36 bits per heavy atom. The van der Waals surface area contributed by atoms with Crippen molar-refractivity contribution in [3.8, 4) is 6.07 Å². The van der Waals surface area contributed by atoms with Crippen molar-refractivity contribution in [3.05, 3.63) is 46.8 Å². The zero-order chi connectivity index (χ0) is 15.9. The molecule has 1 heterocycles. The SMILES string of the molecule is N#CC1=C(C2CC2)N=C(N)/C(=C\N)C1C1=CC=CC(=N)C1=N. The van der Waals surface area contributed by atoms with E-state index in [2.05, 4.69) is 11.1 Å². The molecule has 6 N–H and O–H groups in total. The molecule has 1 atom stereocenters. The number of rotatable bonds is 2. The number of nitriles is 1. The van der Waals surface area contributed by atoms with Crippen LogP contribution in [-0.2, 0) is 0 Å². The molecule has 2 aliphatic carbocycles. The van der Waals surface area contributed by atoms with Gasteiger partial charge in [-0.15, -0.1) is 0 Å². The molecule has 1 saturated carbocycles. The fraction of sp³-hybridized carbons (Fsp3) is 0.250. The lowest BCUT2D eigenvalue weighted by atomic mass is 9.77. The van der Waals surface area contributed by atoms with E-state index in [0.717, 1.165) is 12.8 Å². The van der Waals surface area contributed by atoms with E-state index in [9.17, 15) is 5.26 Å². The van der Waals surface area contributed by atoms with Gasteiger partial charge in [-0.3, -0.25) is 10.8 Å². The first-order valence-electron chi connectivity index (χ1n) is 7.05. The molecule has 0 aromatic carbocycles. The molecule has 3 aliphatic rings. The van der Waals surface area contributed by atoms with Crippen molar-refractivity contribution in [2.45, 2.75) is 12.8 Å². The van der Waals surface area contributed by atoms with Crippen molar-refractivity contribution in [3.63, 3.8) is 0 Å². The Labute approximate surface area is 128 Å². The number of amidine groups is 1. The normalized spacial score (nSPS) is 26.9. The number of hydrogen-bond donors (Lipinski definition) is 4. The highest BCUT2D eigenvalue weighted by molar-refractivity contribution is 6.51. The fourth-order valence-corrected chi connectivity index (χ4v) is 2.81. The number of nitrogens with one attached hydrogen (secondary N) is 2. The summed E-state index contributed by atoms with van der Waals surface area (Å²) in [5, 5.41) is 25.6. The van der Waals surface area contributed by atoms with Crippen molar-refractivity contribution in [2.75, 3.05) is 0 Å². The third-order valence-corrected chi connectivity index (χ3v) is 4.08. The van der Waals surface area contributed by atoms with Crippen LogP contribution < -0.4 is 11.5 Å². The summed E-state index contributed by atoms with van der Waals surface area (Å²) in [5.74, 6) is 0.0486. The fourth-order valence-electron chi connectivity index (χ4n) is 2.81. The van der Waals surface area contributed by atoms with Crippen LogP contribution in [0.25, 0.3) is 0 Å². The molecule has 6 heteroatoms. The van der Waals surface area contributed by atoms with Crippen molar-refractivity contribution in [1.82, 2.24) is 0 Å². The molecule has 1 fully saturated rings. The van der Waals surface area contributed by atoms with Gasteiger partial charge >= 0.3 is 0 Å². The Morgan fingerprint density at radius 2 is 2.09 bits per heavy atom. The molecule has 0 aromatic heterocycles. The summed E-state index contributed by atoms with van der Waals surface area (Å²) < 4.78 is 0. The van der Waals surface area contributed by atoms with Crippen LogP contribution in [0.1, 0.15) is 12.8 Å². The van der Waals surface area contributed by atoms with E-state index in [1.54, 1.807) is 18.2 Å². The predicted molar refractivity (Wildman–Crippen MR) is 85.4 cm³/mol. The van der Waals surface area contributed by atoms with Crippen LogP contribution in [0.5, 0.6) is 0 Å². The summed E-state index contributed by atoms with van der Waals surface area (Å²) in [6.07, 6.45) is 8.35. The van der Waals surface area contributed by atoms with Crippen molar-refractivity contribution in [2.24, 2.45) is 28.3 Å². The topological polar surface area (TPSA) is 136 Å². The Morgan fingerprint density at radius 3 is 2.68 bits per heavy atom. The smallest absolute Gasteiger partial charge is 0.129 e. The first-order valence-corrected chi connectivity index (χ1v) is 7.05. The first-order chi connectivity index (χ1) is 10.6. The molecule has 1 aliphatic heterocycles. The summed E-state index contributed by atoms with van der Waals surface area (Å²) in [7, 11) is 0. The van der Waals surface area contributed by atoms with Crippen molar-refractivity contribution in [1.29, 1.82) is 16.1 Å². The molecule has 110 valence electrons. The molecule has 3 rings (SSSR count). The maximum atomic E-state index is 9.64. The molecule has 0 spiro atoms. The average molecular weight is 292 g/mol. The lowest BCUT2D eigenvalue weighted by Crippen LogP contribution is -2.33. The maximum Gasteiger partial charge on any atom is 0.129 e. The third-order valence-electron chi connectivity index (χ3n) is 4.08. The molecule has 0 saturated heterocycles. The predicted octanol–water partition coefficient (Wildman–Crippen LogP) is 1.54. The van der Waals surface area contributed by atoms with E-state index in [0.29, 0.717) is 28.3 Å². The van der Waals surface area contributed by atoms with Gasteiger partial charge in [0.2, 0.25) is 0 Å². The summed E-state index contributed by atoms with van der Waals surface area (Å²) >= 11 is 0. The maximum absolute atomic E-state index is 9.64. The van der Waals surface area contributed by atoms with Gasteiger partial charge in [0.1, 0.15) is 5.84 Å². The van der Waals surface area contributed by atoms with Crippen molar-refractivity contribution >= 4 is 17.3 Å². The zero-order valence-electron chi connectivity index (χ0n) is 11.9. The van der Waals surface area contributed by atoms with E-state index < -0.39 is 5.92 Å². The molecule has 0 bridgehead atoms. The Balaban J connectivity index is 2.18. The van der Waals surface area contributed by atoms with Gasteiger partial charge in [0.25, 0.3) is 0 Å². The quantitative estimate of drug-likeness (QED) is 0.574. The molecule has 0 amide bonds. The standard InChI is InChI=1S/C16H16N6/c17-6-10-13(9-2-1-3-12(19)14(9)20)11(7-18)16(21)22-15(10)8-4-5-8/h1-3,7-8,13,19-20H,4-5,18H2,(H2,21,22)/b11-7-,19-12?,20-14?. The number of nitrogens with two attached hydrogens (primary N) is 2. The van der Waals surface area contributed by atoms with Gasteiger partial charge in [0.15, 0.2) is 0 Å². The Kier molecular flexibility index (Phi) is 3.26. The summed E-state index contributed by atoms with van der Waals surface area (Å²) in [6, 6.07) is 2.23. The lowest BCUT2D eigenvalue weighted by Gasteiger charge is -2.28. The molecular weight excluding hydrogens is 276 g/mol. The van der Waals surface area contributed by atoms with Gasteiger partial charge in [0.05, 0.1) is 34.7 Å². The van der Waals surface area contributed by atoms with Gasteiger partial charge in [-0.25, -0.2) is 4.99 Å². The second kappa shape index (κ2) is 5.11. The van der Waals surface area contributed by atoms with Gasteiger partial charge in [-0.2, -0.15) is 5.26 Å². The highest BCUT2D eigenvalue weighted by Gasteiger charge is 2.39. The number of nitrogens with zero attached hydrogens (tertiary/aromatic N) is 2. The molecule has 0 aromatic rings. The largest absolute Gasteiger partial charge is 0.404 e. The molecule has 1 unspecified atom stereocenters. The van der Waals surface area contributed by atoms with Gasteiger partial charge in [-0.1, -0.05) is 12.2 Å². The monoisotopic (exact) mass is 292 g/mol. The minimum absolute atomic E-state index is 0.0875. The van der Waals surface area contributed by atoms with Crippen LogP contribution in [0.2, 0.25) is 0 Å². The minimum atomic E-state index is -0.513. The molecule has 22 heavy (non-hydrogen) atoms. The van der Waals surface area contributed by atoms with Crippen LogP contribution in [0, 0.1) is 34.0 Å². The van der Waals surface area contributed by atoms with Gasteiger partial charge in [0, 0.05) is 17.7 Å². The van der Waals surface area contributed by atoms with Crippen molar-refractivity contribution < 1.29 is 0 Å². The second-order valence-electron chi connectivity index (χ2n) is 5.51. The third kappa shape index (κ3) is 2.07. The highest BCUT2D eigenvalue weighted by atomic mass is 14.9. The first kappa shape index (κ1) is 14.0. The van der Waals surface area contributed by atoms with E-state index in [4.69, 9.17) is 22.3 Å². The summed E-state index contributed by atoms with van der Waals surface area (Å²) in [6.45, 7) is 0. The second-order valence-corrected chi connectivity index (χ2v) is 5.51. The minimum Gasteiger partial charge on any atom is -0.404 e. The average Bonchev–Trinajstić information content (AvgIpc) is 3.33. The van der Waals surface area contributed by atoms with E-state index in [1.807, 2.05) is 0 Å². The van der Waals surface area contributed by atoms with Gasteiger partial charge in [-0.05, 0) is 24.5 Å². The number of allylic oxidation sites excluding steroid dienone is 6. The molecule has 6 nitrogen and oxygen atoms in total. The lowest BCUT2D eigenvalue weighted by molar-refractivity contribution is 0.832. The van der Waals surface area contributed by atoms with Crippen LogP contribution >= 0.6 is 0 Å². The summed E-state index contributed by atoms with van der Waals surface area (Å²) in [5.41, 5.74) is 14.2. The molecule has 0 radical (unpaired) electrons. The van der Waals surface area contributed by atoms with E-state index >= 15 is 0 Å². The van der Waals surface area contributed by atoms with Crippen LogP contribution in [0.3, 0.4) is 0 Å². The van der Waals surface area contributed by atoms with Crippen LogP contribution in [0.15, 0.2) is 51.8 Å². The zero-order valence-corrected chi connectivity index (χ0v) is 11.9. The van der Waals surface area contributed by atoms with E-state index in [1.165, 1.54) is 6.20 Å². The van der Waals surface area contributed by atoms with Gasteiger partial charge < -0.3 is 11.5 Å². The molecular formula is C16H16N6. The number of hydrogen-bond acceptors (Lipinski definition) is 6.